The summed E-state index contributed by atoms with van der Waals surface area (Å²) in [6.07, 6.45) is 0.421. The van der Waals surface area contributed by atoms with Gasteiger partial charge in [0.2, 0.25) is 0 Å². The molecule has 0 fully saturated rings. The van der Waals surface area contributed by atoms with Gasteiger partial charge in [-0.05, 0) is 24.6 Å². The van der Waals surface area contributed by atoms with Crippen molar-refractivity contribution >= 4 is 0 Å². The number of benzene rings is 1. The predicted molar refractivity (Wildman–Crippen MR) is 59.4 cm³/mol. The van der Waals surface area contributed by atoms with Crippen LogP contribution in [0.25, 0.3) is 0 Å². The van der Waals surface area contributed by atoms with E-state index in [1.807, 2.05) is 0 Å². The van der Waals surface area contributed by atoms with Gasteiger partial charge in [0.15, 0.2) is 0 Å². The summed E-state index contributed by atoms with van der Waals surface area (Å²) in [5, 5.41) is 9.91. The molecule has 0 aliphatic carbocycles. The lowest BCUT2D eigenvalue weighted by molar-refractivity contribution is 0.203. The van der Waals surface area contributed by atoms with Gasteiger partial charge in [0.05, 0.1) is 11.8 Å². The molecule has 18 heavy (non-hydrogen) atoms. The van der Waals surface area contributed by atoms with E-state index in [1.54, 1.807) is 0 Å². The fraction of sp³-hybridized carbons (Fsp3) is 0.154. The molecule has 2 rings (SSSR count). The monoisotopic (exact) mass is 253 g/mol. The van der Waals surface area contributed by atoms with Gasteiger partial charge < -0.3 is 5.11 Å². The summed E-state index contributed by atoms with van der Waals surface area (Å²) in [5.41, 5.74) is -0.589. The van der Waals surface area contributed by atoms with Crippen LogP contribution in [-0.4, -0.2) is 10.1 Å². The first-order valence-electron chi connectivity index (χ1n) is 5.24. The standard InChI is InChI=1S/C13H10F3NO/c1-7-2-3-9(14)11(12(7)16)13(18)8-4-5-17-6-10(8)15/h2-6,13,18H,1H3. The Morgan fingerprint density at radius 3 is 2.50 bits per heavy atom. The van der Waals surface area contributed by atoms with E-state index in [-0.39, 0.29) is 11.1 Å². The number of hydrogen-bond acceptors (Lipinski definition) is 2. The number of hydrogen-bond donors (Lipinski definition) is 1. The highest BCUT2D eigenvalue weighted by Crippen LogP contribution is 2.29. The van der Waals surface area contributed by atoms with Crippen LogP contribution in [0.3, 0.4) is 0 Å². The Balaban J connectivity index is 2.56. The van der Waals surface area contributed by atoms with Crippen molar-refractivity contribution in [2.75, 3.05) is 0 Å². The lowest BCUT2D eigenvalue weighted by atomic mass is 9.99. The molecule has 1 aromatic heterocycles. The highest BCUT2D eigenvalue weighted by molar-refractivity contribution is 5.34. The number of aliphatic hydroxyl groups excluding tert-OH is 1. The normalized spacial score (nSPS) is 12.5. The molecule has 1 N–H and O–H groups in total. The molecule has 1 unspecified atom stereocenters. The first-order valence-corrected chi connectivity index (χ1v) is 5.24. The second-order valence-electron chi connectivity index (χ2n) is 3.89. The molecule has 0 spiro atoms. The van der Waals surface area contributed by atoms with Crippen LogP contribution in [0.15, 0.2) is 30.6 Å². The third-order valence-electron chi connectivity index (χ3n) is 2.69. The average Bonchev–Trinajstić information content (AvgIpc) is 2.35. The minimum absolute atomic E-state index is 0.180. The van der Waals surface area contributed by atoms with E-state index in [1.165, 1.54) is 25.3 Å². The highest BCUT2D eigenvalue weighted by atomic mass is 19.1. The van der Waals surface area contributed by atoms with Gasteiger partial charge >= 0.3 is 0 Å². The van der Waals surface area contributed by atoms with Crippen LogP contribution in [0.4, 0.5) is 13.2 Å². The maximum Gasteiger partial charge on any atom is 0.147 e. The summed E-state index contributed by atoms with van der Waals surface area (Å²) in [7, 11) is 0. The number of nitrogens with zero attached hydrogens (tertiary/aromatic N) is 1. The van der Waals surface area contributed by atoms with Crippen LogP contribution < -0.4 is 0 Å². The van der Waals surface area contributed by atoms with Crippen molar-refractivity contribution in [2.45, 2.75) is 13.0 Å². The molecule has 5 heteroatoms. The fourth-order valence-electron chi connectivity index (χ4n) is 1.69. The molecule has 94 valence electrons. The Bertz CT molecular complexity index is 586. The summed E-state index contributed by atoms with van der Waals surface area (Å²) in [6.45, 7) is 1.44. The van der Waals surface area contributed by atoms with Gasteiger partial charge in [0.25, 0.3) is 0 Å². The molecule has 0 saturated heterocycles. The van der Waals surface area contributed by atoms with Gasteiger partial charge in [-0.2, -0.15) is 0 Å². The molecule has 1 atom stereocenters. The quantitative estimate of drug-likeness (QED) is 0.892. The van der Waals surface area contributed by atoms with Crippen LogP contribution in [0.2, 0.25) is 0 Å². The number of aryl methyl sites for hydroxylation is 1. The molecule has 2 aromatic rings. The van der Waals surface area contributed by atoms with Gasteiger partial charge in [-0.15, -0.1) is 0 Å². The summed E-state index contributed by atoms with van der Waals surface area (Å²) in [4.78, 5) is 3.51. The Kier molecular flexibility index (Phi) is 3.34. The van der Waals surface area contributed by atoms with E-state index < -0.39 is 29.1 Å². The van der Waals surface area contributed by atoms with E-state index in [0.29, 0.717) is 0 Å². The number of halogens is 3. The molecular weight excluding hydrogens is 243 g/mol. The zero-order valence-corrected chi connectivity index (χ0v) is 9.49. The lowest BCUT2D eigenvalue weighted by Crippen LogP contribution is -2.09. The maximum atomic E-state index is 13.8. The SMILES string of the molecule is Cc1ccc(F)c(C(O)c2ccncc2F)c1F. The smallest absolute Gasteiger partial charge is 0.147 e. The molecule has 0 saturated carbocycles. The van der Waals surface area contributed by atoms with E-state index in [2.05, 4.69) is 4.98 Å². The van der Waals surface area contributed by atoms with Crippen LogP contribution in [0.1, 0.15) is 22.8 Å². The highest BCUT2D eigenvalue weighted by Gasteiger charge is 2.23. The summed E-state index contributed by atoms with van der Waals surface area (Å²) in [5.74, 6) is -2.61. The topological polar surface area (TPSA) is 33.1 Å². The summed E-state index contributed by atoms with van der Waals surface area (Å²) in [6, 6.07) is 3.47. The molecule has 0 amide bonds. The van der Waals surface area contributed by atoms with E-state index in [0.717, 1.165) is 12.3 Å². The van der Waals surface area contributed by atoms with E-state index in [4.69, 9.17) is 0 Å². The predicted octanol–water partition coefficient (Wildman–Crippen LogP) is 2.89. The molecular formula is C13H10F3NO. The van der Waals surface area contributed by atoms with E-state index >= 15 is 0 Å². The maximum absolute atomic E-state index is 13.8. The van der Waals surface area contributed by atoms with Gasteiger partial charge in [-0.1, -0.05) is 6.07 Å². The van der Waals surface area contributed by atoms with Gasteiger partial charge in [-0.25, -0.2) is 13.2 Å². The van der Waals surface area contributed by atoms with E-state index in [9.17, 15) is 18.3 Å². The minimum Gasteiger partial charge on any atom is -0.383 e. The van der Waals surface area contributed by atoms with Crippen molar-refractivity contribution in [1.82, 2.24) is 4.98 Å². The van der Waals surface area contributed by atoms with Crippen molar-refractivity contribution in [3.05, 3.63) is 64.7 Å². The first-order chi connectivity index (χ1) is 8.52. The summed E-state index contributed by atoms with van der Waals surface area (Å²) >= 11 is 0. The van der Waals surface area contributed by atoms with Gasteiger partial charge in [0, 0.05) is 11.8 Å². The van der Waals surface area contributed by atoms with Crippen molar-refractivity contribution in [3.63, 3.8) is 0 Å². The molecule has 0 radical (unpaired) electrons. The molecule has 1 heterocycles. The van der Waals surface area contributed by atoms with Crippen LogP contribution >= 0.6 is 0 Å². The Hall–Kier alpha value is -1.88. The third kappa shape index (κ3) is 2.09. The average molecular weight is 253 g/mol. The van der Waals surface area contributed by atoms with Gasteiger partial charge in [-0.3, -0.25) is 4.98 Å². The Labute approximate surface area is 102 Å². The first kappa shape index (κ1) is 12.6. The van der Waals surface area contributed by atoms with Gasteiger partial charge in [0.1, 0.15) is 23.6 Å². The number of rotatable bonds is 2. The summed E-state index contributed by atoms with van der Waals surface area (Å²) < 4.78 is 40.8. The number of aliphatic hydroxyl groups is 1. The van der Waals surface area contributed by atoms with Crippen molar-refractivity contribution in [3.8, 4) is 0 Å². The number of aromatic nitrogens is 1. The number of pyridine rings is 1. The second-order valence-corrected chi connectivity index (χ2v) is 3.89. The Morgan fingerprint density at radius 1 is 1.11 bits per heavy atom. The molecule has 0 aliphatic heterocycles. The van der Waals surface area contributed by atoms with Crippen molar-refractivity contribution in [2.24, 2.45) is 0 Å². The van der Waals surface area contributed by atoms with Crippen LogP contribution in [0, 0.1) is 24.4 Å². The van der Waals surface area contributed by atoms with Crippen LogP contribution in [-0.2, 0) is 0 Å². The lowest BCUT2D eigenvalue weighted by Gasteiger charge is -2.14. The fourth-order valence-corrected chi connectivity index (χ4v) is 1.69. The van der Waals surface area contributed by atoms with Crippen molar-refractivity contribution < 1.29 is 18.3 Å². The van der Waals surface area contributed by atoms with Crippen molar-refractivity contribution in [1.29, 1.82) is 0 Å². The second kappa shape index (κ2) is 4.78. The molecule has 2 nitrogen and oxygen atoms in total. The zero-order valence-electron chi connectivity index (χ0n) is 9.49. The molecule has 0 bridgehead atoms. The zero-order chi connectivity index (χ0) is 13.3. The minimum atomic E-state index is -1.70. The largest absolute Gasteiger partial charge is 0.383 e. The third-order valence-corrected chi connectivity index (χ3v) is 2.69. The molecule has 0 aliphatic rings. The molecule has 1 aromatic carbocycles. The Morgan fingerprint density at radius 2 is 1.83 bits per heavy atom. The van der Waals surface area contributed by atoms with Crippen LogP contribution in [0.5, 0.6) is 0 Å².